The summed E-state index contributed by atoms with van der Waals surface area (Å²) in [7, 11) is 0. The van der Waals surface area contributed by atoms with Gasteiger partial charge in [0.05, 0.1) is 0 Å². The van der Waals surface area contributed by atoms with E-state index in [1.165, 1.54) is 11.9 Å². The van der Waals surface area contributed by atoms with E-state index in [1.807, 2.05) is 0 Å². The van der Waals surface area contributed by atoms with E-state index in [2.05, 4.69) is 50.6 Å². The average Bonchev–Trinajstić information content (AvgIpc) is 3.37. The normalized spacial score (nSPS) is 23.9. The highest BCUT2D eigenvalue weighted by Gasteiger charge is 2.49. The first kappa shape index (κ1) is 19.8. The molecule has 2 aromatic rings. The van der Waals surface area contributed by atoms with Gasteiger partial charge in [-0.15, -0.1) is 12.4 Å². The molecule has 0 saturated carbocycles. The molecule has 0 spiro atoms. The topological polar surface area (TPSA) is 63.1 Å². The third-order valence-electron chi connectivity index (χ3n) is 6.03. The Balaban J connectivity index is 0.00000210. The van der Waals surface area contributed by atoms with Gasteiger partial charge in [-0.25, -0.2) is 4.98 Å². The number of fused-ring (bicyclic) bond motifs is 1. The Morgan fingerprint density at radius 2 is 2.15 bits per heavy atom. The zero-order valence-corrected chi connectivity index (χ0v) is 16.4. The number of benzene rings is 1. The molecular formula is C20H28ClN5O. The Kier molecular flexibility index (Phi) is 6.50. The van der Waals surface area contributed by atoms with Gasteiger partial charge in [0, 0.05) is 44.6 Å². The fraction of sp³-hybridized carbons (Fsp3) is 0.550. The molecule has 2 atom stereocenters. The predicted molar refractivity (Wildman–Crippen MR) is 107 cm³/mol. The quantitative estimate of drug-likeness (QED) is 0.788. The van der Waals surface area contributed by atoms with E-state index >= 15 is 0 Å². The van der Waals surface area contributed by atoms with Crippen molar-refractivity contribution in [2.45, 2.75) is 32.2 Å². The number of halogens is 1. The second-order valence-electron chi connectivity index (χ2n) is 7.71. The van der Waals surface area contributed by atoms with Gasteiger partial charge in [-0.3, -0.25) is 9.48 Å². The first-order valence-electron chi connectivity index (χ1n) is 9.60. The lowest BCUT2D eigenvalue weighted by molar-refractivity contribution is -0.130. The minimum Gasteiger partial charge on any atom is -0.342 e. The van der Waals surface area contributed by atoms with Gasteiger partial charge in [0.1, 0.15) is 12.7 Å². The lowest BCUT2D eigenvalue weighted by atomic mass is 9.76. The lowest BCUT2D eigenvalue weighted by Crippen LogP contribution is -2.36. The zero-order valence-electron chi connectivity index (χ0n) is 15.6. The van der Waals surface area contributed by atoms with E-state index < -0.39 is 0 Å². The van der Waals surface area contributed by atoms with E-state index in [9.17, 15) is 4.79 Å². The molecule has 6 nitrogen and oxygen atoms in total. The monoisotopic (exact) mass is 389 g/mol. The highest BCUT2D eigenvalue weighted by Crippen LogP contribution is 2.42. The first-order valence-corrected chi connectivity index (χ1v) is 9.60. The van der Waals surface area contributed by atoms with Crippen LogP contribution in [0.1, 0.15) is 24.8 Å². The SMILES string of the molecule is Cl.O=C(CCCn1cncn1)N1CC2CNCC2(CCc2ccccc2)C1. The van der Waals surface area contributed by atoms with Gasteiger partial charge < -0.3 is 10.2 Å². The van der Waals surface area contributed by atoms with E-state index in [0.29, 0.717) is 18.2 Å². The molecule has 0 aliphatic carbocycles. The maximum absolute atomic E-state index is 12.7. The molecule has 1 aromatic carbocycles. The molecule has 3 heterocycles. The van der Waals surface area contributed by atoms with Crippen LogP contribution in [0.4, 0.5) is 0 Å². The Bertz CT molecular complexity index is 723. The van der Waals surface area contributed by atoms with Crippen LogP contribution in [-0.2, 0) is 17.8 Å². The van der Waals surface area contributed by atoms with Crippen molar-refractivity contribution in [1.29, 1.82) is 0 Å². The van der Waals surface area contributed by atoms with Crippen LogP contribution in [0, 0.1) is 11.3 Å². The number of likely N-dealkylation sites (tertiary alicyclic amines) is 1. The minimum absolute atomic E-state index is 0. The molecule has 4 rings (SSSR count). The van der Waals surface area contributed by atoms with Crippen LogP contribution in [0.5, 0.6) is 0 Å². The van der Waals surface area contributed by atoms with Crippen LogP contribution in [0.25, 0.3) is 0 Å². The van der Waals surface area contributed by atoms with Crippen molar-refractivity contribution in [3.05, 3.63) is 48.5 Å². The molecular weight excluding hydrogens is 362 g/mol. The number of nitrogens with one attached hydrogen (secondary N) is 1. The molecule has 2 aliphatic rings. The lowest BCUT2D eigenvalue weighted by Gasteiger charge is -2.28. The average molecular weight is 390 g/mol. The summed E-state index contributed by atoms with van der Waals surface area (Å²) in [6.07, 6.45) is 6.89. The van der Waals surface area contributed by atoms with Crippen LogP contribution in [-0.4, -0.2) is 51.8 Å². The third-order valence-corrected chi connectivity index (χ3v) is 6.03. The maximum atomic E-state index is 12.7. The van der Waals surface area contributed by atoms with Crippen molar-refractivity contribution in [3.63, 3.8) is 0 Å². The van der Waals surface area contributed by atoms with Gasteiger partial charge in [-0.1, -0.05) is 30.3 Å². The van der Waals surface area contributed by atoms with Gasteiger partial charge in [0.2, 0.25) is 5.91 Å². The van der Waals surface area contributed by atoms with E-state index in [1.54, 1.807) is 11.0 Å². The Morgan fingerprint density at radius 1 is 1.30 bits per heavy atom. The highest BCUT2D eigenvalue weighted by molar-refractivity contribution is 5.85. The summed E-state index contributed by atoms with van der Waals surface area (Å²) >= 11 is 0. The van der Waals surface area contributed by atoms with Crippen LogP contribution in [0.3, 0.4) is 0 Å². The summed E-state index contributed by atoms with van der Waals surface area (Å²) in [5.41, 5.74) is 1.64. The highest BCUT2D eigenvalue weighted by atomic mass is 35.5. The molecule has 0 bridgehead atoms. The molecule has 2 saturated heterocycles. The van der Waals surface area contributed by atoms with Crippen molar-refractivity contribution >= 4 is 18.3 Å². The third kappa shape index (κ3) is 4.50. The number of hydrogen-bond donors (Lipinski definition) is 1. The fourth-order valence-electron chi connectivity index (χ4n) is 4.51. The molecule has 1 amide bonds. The smallest absolute Gasteiger partial charge is 0.222 e. The van der Waals surface area contributed by atoms with Crippen LogP contribution < -0.4 is 5.32 Å². The Labute approximate surface area is 166 Å². The van der Waals surface area contributed by atoms with Crippen molar-refractivity contribution in [2.24, 2.45) is 11.3 Å². The van der Waals surface area contributed by atoms with Crippen molar-refractivity contribution in [3.8, 4) is 0 Å². The van der Waals surface area contributed by atoms with E-state index in [4.69, 9.17) is 0 Å². The van der Waals surface area contributed by atoms with Crippen LogP contribution in [0.2, 0.25) is 0 Å². The van der Waals surface area contributed by atoms with Gasteiger partial charge in [0.15, 0.2) is 0 Å². The Morgan fingerprint density at radius 3 is 2.93 bits per heavy atom. The number of aryl methyl sites for hydroxylation is 2. The molecule has 146 valence electrons. The number of rotatable bonds is 7. The molecule has 7 heteroatoms. The number of amides is 1. The zero-order chi connectivity index (χ0) is 17.8. The molecule has 0 radical (unpaired) electrons. The molecule has 2 fully saturated rings. The summed E-state index contributed by atoms with van der Waals surface area (Å²) in [6.45, 7) is 4.64. The summed E-state index contributed by atoms with van der Waals surface area (Å²) in [5, 5.41) is 7.66. The summed E-state index contributed by atoms with van der Waals surface area (Å²) in [6, 6.07) is 10.7. The number of carbonyl (C=O) groups is 1. The molecule has 2 aliphatic heterocycles. The summed E-state index contributed by atoms with van der Waals surface area (Å²) in [4.78, 5) is 18.7. The second kappa shape index (κ2) is 8.85. The van der Waals surface area contributed by atoms with Crippen molar-refractivity contribution in [1.82, 2.24) is 25.0 Å². The molecule has 2 unspecified atom stereocenters. The van der Waals surface area contributed by atoms with Crippen LogP contribution >= 0.6 is 12.4 Å². The maximum Gasteiger partial charge on any atom is 0.222 e. The molecule has 27 heavy (non-hydrogen) atoms. The molecule has 1 aromatic heterocycles. The summed E-state index contributed by atoms with van der Waals surface area (Å²) in [5.74, 6) is 0.879. The van der Waals surface area contributed by atoms with Gasteiger partial charge in [0.25, 0.3) is 0 Å². The second-order valence-corrected chi connectivity index (χ2v) is 7.71. The summed E-state index contributed by atoms with van der Waals surface area (Å²) < 4.78 is 1.79. The van der Waals surface area contributed by atoms with E-state index in [0.717, 1.165) is 52.0 Å². The van der Waals surface area contributed by atoms with Gasteiger partial charge in [-0.2, -0.15) is 5.10 Å². The molecule has 1 N–H and O–H groups in total. The predicted octanol–water partition coefficient (Wildman–Crippen LogP) is 2.16. The standard InChI is InChI=1S/C20H27N5O.ClH/c26-19(7-4-10-25-16-22-15-23-25)24-12-18-11-21-13-20(18,14-24)9-8-17-5-2-1-3-6-17;/h1-3,5-6,15-16,18,21H,4,7-14H2;1H. The van der Waals surface area contributed by atoms with Gasteiger partial charge in [-0.05, 0) is 30.7 Å². The largest absolute Gasteiger partial charge is 0.342 e. The van der Waals surface area contributed by atoms with Gasteiger partial charge >= 0.3 is 0 Å². The van der Waals surface area contributed by atoms with Crippen LogP contribution in [0.15, 0.2) is 43.0 Å². The van der Waals surface area contributed by atoms with Crippen molar-refractivity contribution in [2.75, 3.05) is 26.2 Å². The van der Waals surface area contributed by atoms with Crippen molar-refractivity contribution < 1.29 is 4.79 Å². The first-order chi connectivity index (χ1) is 12.8. The number of nitrogens with zero attached hydrogens (tertiary/aromatic N) is 4. The number of hydrogen-bond acceptors (Lipinski definition) is 4. The Hall–Kier alpha value is -1.92. The van der Waals surface area contributed by atoms with E-state index in [-0.39, 0.29) is 17.8 Å². The minimum atomic E-state index is 0. The number of carbonyl (C=O) groups excluding carboxylic acids is 1. The fourth-order valence-corrected chi connectivity index (χ4v) is 4.51. The number of aromatic nitrogens is 3.